The number of hydrogen-bond donors (Lipinski definition) is 0. The van der Waals surface area contributed by atoms with Crippen LogP contribution in [-0.2, 0) is 19.6 Å². The summed E-state index contributed by atoms with van der Waals surface area (Å²) in [6.07, 6.45) is 2.94. The molecule has 1 aliphatic heterocycles. The number of anilines is 2. The molecule has 0 fully saturated rings. The highest BCUT2D eigenvalue weighted by atomic mass is 32.2. The number of benzene rings is 2. The Morgan fingerprint density at radius 1 is 1.31 bits per heavy atom. The molecule has 1 heterocycles. The van der Waals surface area contributed by atoms with E-state index >= 15 is 0 Å². The molecule has 1 atom stereocenters. The molecule has 3 rings (SSSR count). The van der Waals surface area contributed by atoms with Crippen LogP contribution in [0.1, 0.15) is 19.8 Å². The van der Waals surface area contributed by atoms with Crippen molar-refractivity contribution in [1.29, 1.82) is 5.26 Å². The number of hydrogen-bond acceptors (Lipinski definition) is 8. The van der Waals surface area contributed by atoms with Gasteiger partial charge in [0.15, 0.2) is 0 Å². The lowest BCUT2D eigenvalue weighted by Crippen LogP contribution is -2.40. The lowest BCUT2D eigenvalue weighted by atomic mass is 10.1. The fourth-order valence-electron chi connectivity index (χ4n) is 3.70. The van der Waals surface area contributed by atoms with Crippen LogP contribution < -0.4 is 9.64 Å². The van der Waals surface area contributed by atoms with Crippen molar-refractivity contribution in [2.24, 2.45) is 0 Å². The van der Waals surface area contributed by atoms with Crippen LogP contribution in [0.25, 0.3) is 0 Å². The number of carbonyl (C=O) groups excluding carboxylic acids is 1. The zero-order valence-corrected chi connectivity index (χ0v) is 21.2. The number of likely N-dealkylation sites (N-methyl/N-ethyl adjacent to an activating group) is 1. The summed E-state index contributed by atoms with van der Waals surface area (Å²) in [4.78, 5) is 14.0. The summed E-state index contributed by atoms with van der Waals surface area (Å²) in [7, 11) is -2.52. The molecule has 1 aliphatic rings. The maximum atomic E-state index is 14.1. The van der Waals surface area contributed by atoms with Gasteiger partial charge in [-0.15, -0.1) is 11.8 Å². The van der Waals surface area contributed by atoms with Crippen molar-refractivity contribution in [3.05, 3.63) is 54.6 Å². The molecule has 0 aromatic heterocycles. The molecule has 0 amide bonds. The van der Waals surface area contributed by atoms with Gasteiger partial charge >= 0.3 is 5.97 Å². The first kappa shape index (κ1) is 26.5. The summed E-state index contributed by atoms with van der Waals surface area (Å²) >= 11 is 1.29. The maximum absolute atomic E-state index is 14.1. The van der Waals surface area contributed by atoms with Crippen LogP contribution in [0.3, 0.4) is 0 Å². The van der Waals surface area contributed by atoms with Crippen molar-refractivity contribution in [3.8, 4) is 11.8 Å². The minimum absolute atomic E-state index is 0.00185. The number of esters is 1. The number of nitrogens with zero attached hydrogens (tertiary/aromatic N) is 3. The highest BCUT2D eigenvalue weighted by Crippen LogP contribution is 2.43. The number of carbonyl (C=O) groups is 1. The maximum Gasteiger partial charge on any atom is 0.370 e. The number of halogens is 1. The second kappa shape index (κ2) is 11.6. The first-order chi connectivity index (χ1) is 16.7. The average molecular weight is 520 g/mol. The number of thioether (sulfide) groups is 1. The molecule has 35 heavy (non-hydrogen) atoms. The first-order valence-electron chi connectivity index (χ1n) is 10.8. The third-order valence-corrected chi connectivity index (χ3v) is 8.22. The van der Waals surface area contributed by atoms with Gasteiger partial charge in [0.25, 0.3) is 0 Å². The quantitative estimate of drug-likeness (QED) is 0.216. The summed E-state index contributed by atoms with van der Waals surface area (Å²) in [6.45, 7) is 1.88. The summed E-state index contributed by atoms with van der Waals surface area (Å²) < 4.78 is 52.7. The highest BCUT2D eigenvalue weighted by Gasteiger charge is 2.37. The third-order valence-electron chi connectivity index (χ3n) is 5.52. The van der Waals surface area contributed by atoms with Crippen molar-refractivity contribution >= 4 is 39.1 Å². The molecule has 11 heteroatoms. The van der Waals surface area contributed by atoms with Gasteiger partial charge in [-0.2, -0.15) is 14.0 Å². The zero-order valence-electron chi connectivity index (χ0n) is 19.6. The van der Waals surface area contributed by atoms with Gasteiger partial charge < -0.3 is 14.4 Å². The first-order valence-corrected chi connectivity index (χ1v) is 13.5. The molecule has 0 saturated heterocycles. The number of para-hydroxylation sites is 1. The van der Waals surface area contributed by atoms with Gasteiger partial charge in [0.05, 0.1) is 23.3 Å². The Morgan fingerprint density at radius 2 is 2.03 bits per heavy atom. The fourth-order valence-corrected chi connectivity index (χ4v) is 5.80. The van der Waals surface area contributed by atoms with Crippen LogP contribution in [0.2, 0.25) is 0 Å². The van der Waals surface area contributed by atoms with E-state index < -0.39 is 27.9 Å². The van der Waals surface area contributed by atoms with E-state index in [-0.39, 0.29) is 23.7 Å². The molecule has 0 N–H and O–H groups in total. The predicted octanol–water partition coefficient (Wildman–Crippen LogP) is 4.61. The molecule has 186 valence electrons. The van der Waals surface area contributed by atoms with E-state index in [1.54, 1.807) is 19.2 Å². The number of sulfonamides is 1. The van der Waals surface area contributed by atoms with E-state index in [0.717, 1.165) is 5.69 Å². The third kappa shape index (κ3) is 5.78. The molecular formula is C24H26FN3O5S2. The Balaban J connectivity index is 2.17. The monoisotopic (exact) mass is 519 g/mol. The molecule has 2 aromatic rings. The molecule has 0 aliphatic carbocycles. The minimum Gasteiger partial charge on any atom is -0.461 e. The van der Waals surface area contributed by atoms with Gasteiger partial charge in [0.2, 0.25) is 15.9 Å². The Kier molecular flexibility index (Phi) is 8.77. The van der Waals surface area contributed by atoms with E-state index in [0.29, 0.717) is 29.8 Å². The molecule has 0 saturated carbocycles. The van der Waals surface area contributed by atoms with Crippen LogP contribution in [0.4, 0.5) is 15.8 Å². The molecule has 1 unspecified atom stereocenters. The van der Waals surface area contributed by atoms with Crippen LogP contribution in [0.15, 0.2) is 64.3 Å². The highest BCUT2D eigenvalue weighted by molar-refractivity contribution is 7.98. The predicted molar refractivity (Wildman–Crippen MR) is 132 cm³/mol. The largest absolute Gasteiger partial charge is 0.461 e. The molecule has 0 radical (unpaired) electrons. The van der Waals surface area contributed by atoms with Gasteiger partial charge in [-0.1, -0.05) is 18.2 Å². The van der Waals surface area contributed by atoms with Gasteiger partial charge in [-0.25, -0.2) is 13.2 Å². The van der Waals surface area contributed by atoms with Crippen LogP contribution >= 0.6 is 11.8 Å². The van der Waals surface area contributed by atoms with Crippen LogP contribution in [-0.4, -0.2) is 51.2 Å². The van der Waals surface area contributed by atoms with E-state index in [1.807, 2.05) is 35.2 Å². The molecular weight excluding hydrogens is 493 g/mol. The minimum atomic E-state index is -4.00. The zero-order chi connectivity index (χ0) is 25.6. The number of ether oxygens (including phenoxy) is 2. The second-order valence-corrected chi connectivity index (χ2v) is 10.4. The molecule has 8 nitrogen and oxygen atoms in total. The van der Waals surface area contributed by atoms with Crippen molar-refractivity contribution in [1.82, 2.24) is 4.31 Å². The lowest BCUT2D eigenvalue weighted by Gasteiger charge is -2.29. The summed E-state index contributed by atoms with van der Waals surface area (Å²) in [5, 5.41) is 9.10. The number of nitriles is 1. The summed E-state index contributed by atoms with van der Waals surface area (Å²) in [6, 6.07) is 14.0. The van der Waals surface area contributed by atoms with E-state index in [1.165, 1.54) is 29.2 Å². The average Bonchev–Trinajstić information content (AvgIpc) is 2.94. The van der Waals surface area contributed by atoms with Crippen molar-refractivity contribution in [2.75, 3.05) is 31.4 Å². The van der Waals surface area contributed by atoms with E-state index in [9.17, 15) is 17.6 Å². The van der Waals surface area contributed by atoms with Gasteiger partial charge in [-0.3, -0.25) is 0 Å². The Morgan fingerprint density at radius 3 is 2.66 bits per heavy atom. The topological polar surface area (TPSA) is 99.9 Å². The van der Waals surface area contributed by atoms with Gasteiger partial charge in [0, 0.05) is 37.8 Å². The Hall–Kier alpha value is -3.07. The lowest BCUT2D eigenvalue weighted by molar-refractivity contribution is -0.140. The van der Waals surface area contributed by atoms with E-state index in [2.05, 4.69) is 10.8 Å². The van der Waals surface area contributed by atoms with E-state index in [4.69, 9.17) is 10.00 Å². The van der Waals surface area contributed by atoms with Crippen LogP contribution in [0.5, 0.6) is 5.75 Å². The summed E-state index contributed by atoms with van der Waals surface area (Å²) in [5.74, 6) is -2.33. The fraction of sp³-hybridized carbons (Fsp3) is 0.333. The smallest absolute Gasteiger partial charge is 0.370 e. The Labute approximate surface area is 209 Å². The molecule has 0 bridgehead atoms. The van der Waals surface area contributed by atoms with Crippen molar-refractivity contribution in [2.45, 2.75) is 35.6 Å². The standard InChI is InChI=1S/C24H26FN3O5S2/c1-4-32-24(29)19(25)16-33-21-14-23-20(13-22(21)34-3)28(17-9-6-5-7-10-17)15-18(11-8-12-26)27(2)35(23,30)31/h5-7,9-10,13-14,16,18H,4,8,11,15H2,1-3H3/b19-16-. The second-order valence-electron chi connectivity index (χ2n) is 7.59. The number of fused-ring (bicyclic) bond motifs is 1. The molecule has 2 aromatic carbocycles. The summed E-state index contributed by atoms with van der Waals surface area (Å²) in [5.41, 5.74) is 1.23. The normalized spacial score (nSPS) is 17.7. The van der Waals surface area contributed by atoms with Crippen molar-refractivity contribution in [3.63, 3.8) is 0 Å². The molecule has 0 spiro atoms. The van der Waals surface area contributed by atoms with Crippen LogP contribution in [0, 0.1) is 11.3 Å². The number of rotatable bonds is 8. The van der Waals surface area contributed by atoms with Gasteiger partial charge in [-0.05, 0) is 37.8 Å². The van der Waals surface area contributed by atoms with Crippen molar-refractivity contribution < 1.29 is 27.1 Å². The van der Waals surface area contributed by atoms with Gasteiger partial charge in [0.1, 0.15) is 16.9 Å². The Bertz CT molecular complexity index is 1250. The SMILES string of the molecule is CCOC(=O)/C(F)=C/Oc1cc2c(cc1SC)N(c1ccccc1)CC(CCC#N)N(C)S2(=O)=O.